The molecule has 0 rings (SSSR count). The van der Waals surface area contributed by atoms with Gasteiger partial charge >= 0.3 is 66.7 Å². The Morgan fingerprint density at radius 2 is 0.600 bits per heavy atom. The second-order valence-corrected chi connectivity index (χ2v) is 3.75. The maximum Gasteiger partial charge on any atom is 0.316 e. The van der Waals surface area contributed by atoms with E-state index in [1.54, 1.807) is 0 Å². The summed E-state index contributed by atoms with van der Waals surface area (Å²) in [5.41, 5.74) is 0. The molecule has 0 heterocycles. The van der Waals surface area contributed by atoms with E-state index in [4.69, 9.17) is 12.8 Å². The minimum atomic E-state index is -0.931. The number of hydrogen-bond donors (Lipinski definition) is 0. The predicted octanol–water partition coefficient (Wildman–Crippen LogP) is -4.87. The third-order valence-corrected chi connectivity index (χ3v) is 0. The molecule has 0 unspecified atom stereocenters. The van der Waals surface area contributed by atoms with Crippen LogP contribution in [0, 0.1) is 0 Å². The zero-order valence-electron chi connectivity index (χ0n) is 4.46. The van der Waals surface area contributed by atoms with Crippen molar-refractivity contribution < 1.29 is 32.9 Å². The molecule has 10 heavy (non-hydrogen) atoms. The van der Waals surface area contributed by atoms with Crippen molar-refractivity contribution in [2.45, 2.75) is 0 Å². The largest absolute Gasteiger partial charge is 0.316 e. The molecule has 6 nitrogen and oxygen atoms in total. The summed E-state index contributed by atoms with van der Waals surface area (Å²) in [6, 6.07) is 0. The minimum absolute atomic E-state index is 0. The number of halogens is 2. The van der Waals surface area contributed by atoms with E-state index in [0.717, 1.165) is 0 Å². The van der Waals surface area contributed by atoms with Crippen LogP contribution in [-0.2, 0) is 0 Å². The molecule has 12 N–H and O–H groups in total. The molecular formula is H14CaCl2MgO6. The van der Waals surface area contributed by atoms with Crippen molar-refractivity contribution in [3.05, 3.63) is 0 Å². The van der Waals surface area contributed by atoms with Crippen molar-refractivity contribution >= 4 is 66.7 Å². The Labute approximate surface area is 98.0 Å². The summed E-state index contributed by atoms with van der Waals surface area (Å²) in [7, 11) is 0. The molecule has 68 valence electrons. The topological polar surface area (TPSA) is 189 Å². The molecule has 10 heteroatoms. The molecular weight excluding hydrogens is 231 g/mol. The van der Waals surface area contributed by atoms with Gasteiger partial charge in [-0.15, -0.1) is 0 Å². The molecule has 0 spiro atoms. The summed E-state index contributed by atoms with van der Waals surface area (Å²) in [5.74, 6) is 0. The molecule has 0 aliphatic rings. The van der Waals surface area contributed by atoms with Crippen LogP contribution >= 0.6 is 12.8 Å². The van der Waals surface area contributed by atoms with E-state index in [1.807, 2.05) is 0 Å². The second kappa shape index (κ2) is 108. The van der Waals surface area contributed by atoms with E-state index in [1.165, 1.54) is 0 Å². The zero-order chi connectivity index (χ0) is 2.71. The average Bonchev–Trinajstić information content (AvgIpc) is 0.918. The fourth-order valence-corrected chi connectivity index (χ4v) is 0. The van der Waals surface area contributed by atoms with Gasteiger partial charge in [0.15, 0.2) is 0 Å². The first-order valence-electron chi connectivity index (χ1n) is 0.535. The first-order chi connectivity index (χ1) is 1.41. The van der Waals surface area contributed by atoms with Gasteiger partial charge in [-0.25, -0.2) is 0 Å². The smallest absolute Gasteiger partial charge is 0.316 e. The van der Waals surface area contributed by atoms with Gasteiger partial charge in [0.2, 0.25) is 0 Å². The summed E-state index contributed by atoms with van der Waals surface area (Å²) in [4.78, 5) is 0. The first-order valence-corrected chi connectivity index (χ1v) is 6.61. The van der Waals surface area contributed by atoms with Crippen molar-refractivity contribution in [2.75, 3.05) is 0 Å². The van der Waals surface area contributed by atoms with E-state index in [2.05, 4.69) is 0 Å². The fraction of sp³-hybridized carbons (Fsp3) is 0. The van der Waals surface area contributed by atoms with Crippen molar-refractivity contribution in [3.8, 4) is 0 Å². The molecule has 0 atom stereocenters. The average molecular weight is 245 g/mol. The molecule has 0 radical (unpaired) electrons. The molecule has 0 fully saturated rings. The molecule has 0 saturated heterocycles. The van der Waals surface area contributed by atoms with Crippen molar-refractivity contribution in [3.63, 3.8) is 0 Å². The number of hydrogen-bond acceptors (Lipinski definition) is 0. The summed E-state index contributed by atoms with van der Waals surface area (Å²) in [6.45, 7) is 0. The summed E-state index contributed by atoms with van der Waals surface area (Å²) >= 11 is -0.931. The van der Waals surface area contributed by atoms with Crippen LogP contribution in [0.25, 0.3) is 0 Å². The Hall–Kier alpha value is 2.37. The zero-order valence-corrected chi connectivity index (χ0v) is 8.18. The predicted molar refractivity (Wildman–Crippen MR) is 47.7 cm³/mol. The Balaban J connectivity index is -0.000000000952. The van der Waals surface area contributed by atoms with E-state index >= 15 is 0 Å². The summed E-state index contributed by atoms with van der Waals surface area (Å²) in [6.07, 6.45) is 9.90. The Kier molecular flexibility index (Phi) is 903. The van der Waals surface area contributed by atoms with Crippen molar-refractivity contribution in [1.82, 2.24) is 0 Å². The molecule has 0 aliphatic carbocycles. The van der Waals surface area contributed by atoms with Gasteiger partial charge in [0, 0.05) is 0 Å². The van der Waals surface area contributed by atoms with Crippen LogP contribution in [0.15, 0.2) is 0 Å². The molecule has 0 bridgehead atoms. The summed E-state index contributed by atoms with van der Waals surface area (Å²) < 4.78 is 0. The maximum absolute atomic E-state index is 4.95. The Morgan fingerprint density at radius 1 is 0.600 bits per heavy atom. The normalized spacial score (nSPS) is 1.00. The minimum Gasteiger partial charge on any atom is 0.316 e. The van der Waals surface area contributed by atoms with Crippen LogP contribution in [0.5, 0.6) is 0 Å². The van der Waals surface area contributed by atoms with E-state index in [0.29, 0.717) is 0 Å². The molecule has 0 amide bonds. The van der Waals surface area contributed by atoms with Gasteiger partial charge in [-0.3, -0.25) is 0 Å². The second-order valence-electron chi connectivity index (χ2n) is 0.101. The quantitative estimate of drug-likeness (QED) is 0.370. The summed E-state index contributed by atoms with van der Waals surface area (Å²) in [5, 5.41) is 0. The molecule has 0 aromatic carbocycles. The SMILES string of the molecule is O.O.O.O.O.O.[Cl][Ca][Cl].[MgH2]. The van der Waals surface area contributed by atoms with Crippen LogP contribution < -0.4 is 0 Å². The van der Waals surface area contributed by atoms with Gasteiger partial charge < -0.3 is 32.9 Å². The van der Waals surface area contributed by atoms with Gasteiger partial charge in [-0.1, -0.05) is 0 Å². The monoisotopic (exact) mass is 244 g/mol. The van der Waals surface area contributed by atoms with E-state index in [9.17, 15) is 0 Å². The van der Waals surface area contributed by atoms with Crippen LogP contribution in [0.3, 0.4) is 0 Å². The van der Waals surface area contributed by atoms with Crippen LogP contribution in [0.1, 0.15) is 0 Å². The van der Waals surface area contributed by atoms with Gasteiger partial charge in [0.25, 0.3) is 0 Å². The van der Waals surface area contributed by atoms with E-state index in [-0.39, 0.29) is 55.9 Å². The Bertz CT molecular complexity index is 15.7. The van der Waals surface area contributed by atoms with E-state index < -0.39 is 30.8 Å². The fourth-order valence-electron chi connectivity index (χ4n) is 0. The third kappa shape index (κ3) is 162. The van der Waals surface area contributed by atoms with Crippen LogP contribution in [0.4, 0.5) is 0 Å². The molecule has 0 saturated carbocycles. The third-order valence-electron chi connectivity index (χ3n) is 0. The molecule has 0 aliphatic heterocycles. The van der Waals surface area contributed by atoms with Gasteiger partial charge in [0.1, 0.15) is 0 Å². The molecule has 0 aromatic rings. The maximum atomic E-state index is 4.95. The first kappa shape index (κ1) is 83.8. The standard InChI is InChI=1S/Ca.2ClH.Mg.6H2O.2H/h;2*1H;;6*1H2;;/q+2;;;;;;;;;;;/p-2. The Morgan fingerprint density at radius 3 is 0.600 bits per heavy atom. The van der Waals surface area contributed by atoms with Crippen molar-refractivity contribution in [1.29, 1.82) is 0 Å². The molecule has 0 aromatic heterocycles. The van der Waals surface area contributed by atoms with Crippen LogP contribution in [0.2, 0.25) is 0 Å². The number of rotatable bonds is 0. The van der Waals surface area contributed by atoms with Gasteiger partial charge in [-0.05, 0) is 0 Å². The van der Waals surface area contributed by atoms with Crippen molar-refractivity contribution in [2.24, 2.45) is 0 Å². The van der Waals surface area contributed by atoms with Gasteiger partial charge in [0.05, 0.1) is 0 Å². The van der Waals surface area contributed by atoms with Gasteiger partial charge in [-0.2, -0.15) is 0 Å². The van der Waals surface area contributed by atoms with Crippen LogP contribution in [-0.4, -0.2) is 86.8 Å².